The highest BCUT2D eigenvalue weighted by Crippen LogP contribution is 2.35. The standard InChI is InChI=1S/C20H25ClN6O2/c1-24(2)12-13-25(3)19-18(27(28)29)20(23-14-22-19)26-10-8-16(9-11-26)15-4-6-17(21)7-5-15/h4-8,14H,9-13H2,1-3H3. The highest BCUT2D eigenvalue weighted by atomic mass is 35.5. The van der Waals surface area contributed by atoms with Gasteiger partial charge in [-0.05, 0) is 43.8 Å². The second-order valence-electron chi connectivity index (χ2n) is 7.28. The molecular formula is C20H25ClN6O2. The Morgan fingerprint density at radius 2 is 1.90 bits per heavy atom. The summed E-state index contributed by atoms with van der Waals surface area (Å²) in [5.41, 5.74) is 2.28. The second-order valence-corrected chi connectivity index (χ2v) is 7.72. The lowest BCUT2D eigenvalue weighted by molar-refractivity contribution is -0.383. The molecule has 1 aromatic heterocycles. The number of hydrogen-bond acceptors (Lipinski definition) is 7. The predicted molar refractivity (Wildman–Crippen MR) is 117 cm³/mol. The number of aromatic nitrogens is 2. The van der Waals surface area contributed by atoms with Crippen LogP contribution in [0.15, 0.2) is 36.7 Å². The predicted octanol–water partition coefficient (Wildman–Crippen LogP) is 3.33. The fourth-order valence-electron chi connectivity index (χ4n) is 3.28. The van der Waals surface area contributed by atoms with Crippen LogP contribution >= 0.6 is 11.6 Å². The van der Waals surface area contributed by atoms with Gasteiger partial charge in [0.15, 0.2) is 0 Å². The summed E-state index contributed by atoms with van der Waals surface area (Å²) >= 11 is 5.97. The quantitative estimate of drug-likeness (QED) is 0.506. The van der Waals surface area contributed by atoms with E-state index < -0.39 is 0 Å². The van der Waals surface area contributed by atoms with Gasteiger partial charge in [0.25, 0.3) is 0 Å². The topological polar surface area (TPSA) is 78.6 Å². The van der Waals surface area contributed by atoms with Crippen molar-refractivity contribution in [2.45, 2.75) is 6.42 Å². The van der Waals surface area contributed by atoms with E-state index in [1.54, 1.807) is 0 Å². The lowest BCUT2D eigenvalue weighted by Gasteiger charge is -2.28. The first-order valence-corrected chi connectivity index (χ1v) is 9.79. The molecule has 3 rings (SSSR count). The SMILES string of the molecule is CN(C)CCN(C)c1ncnc(N2CC=C(c3ccc(Cl)cc3)CC2)c1[N+](=O)[O-]. The molecular weight excluding hydrogens is 392 g/mol. The summed E-state index contributed by atoms with van der Waals surface area (Å²) in [7, 11) is 5.75. The molecule has 2 heterocycles. The summed E-state index contributed by atoms with van der Waals surface area (Å²) < 4.78 is 0. The number of anilines is 2. The first-order valence-electron chi connectivity index (χ1n) is 9.42. The van der Waals surface area contributed by atoms with E-state index in [0.29, 0.717) is 36.3 Å². The lowest BCUT2D eigenvalue weighted by Crippen LogP contribution is -2.32. The van der Waals surface area contributed by atoms with Crippen molar-refractivity contribution in [3.8, 4) is 0 Å². The summed E-state index contributed by atoms with van der Waals surface area (Å²) in [6.07, 6.45) is 4.27. The summed E-state index contributed by atoms with van der Waals surface area (Å²) in [6.45, 7) is 2.60. The van der Waals surface area contributed by atoms with E-state index in [4.69, 9.17) is 11.6 Å². The molecule has 8 nitrogen and oxygen atoms in total. The van der Waals surface area contributed by atoms with E-state index in [1.807, 2.05) is 60.1 Å². The minimum atomic E-state index is -0.380. The summed E-state index contributed by atoms with van der Waals surface area (Å²) in [5.74, 6) is 0.706. The lowest BCUT2D eigenvalue weighted by atomic mass is 9.99. The Bertz CT molecular complexity index is 900. The number of likely N-dealkylation sites (N-methyl/N-ethyl adjacent to an activating group) is 2. The molecule has 0 atom stereocenters. The Balaban J connectivity index is 1.84. The van der Waals surface area contributed by atoms with Crippen LogP contribution in [0.1, 0.15) is 12.0 Å². The number of hydrogen-bond donors (Lipinski definition) is 0. The van der Waals surface area contributed by atoms with Crippen LogP contribution < -0.4 is 9.80 Å². The highest BCUT2D eigenvalue weighted by molar-refractivity contribution is 6.30. The Hall–Kier alpha value is -2.71. The molecule has 0 radical (unpaired) electrons. The van der Waals surface area contributed by atoms with E-state index >= 15 is 0 Å². The van der Waals surface area contributed by atoms with Crippen molar-refractivity contribution >= 4 is 34.5 Å². The van der Waals surface area contributed by atoms with Gasteiger partial charge < -0.3 is 14.7 Å². The molecule has 0 unspecified atom stereocenters. The van der Waals surface area contributed by atoms with E-state index in [-0.39, 0.29) is 10.6 Å². The molecule has 0 saturated carbocycles. The van der Waals surface area contributed by atoms with Gasteiger partial charge in [-0.2, -0.15) is 0 Å². The van der Waals surface area contributed by atoms with Crippen LogP contribution in [0.5, 0.6) is 0 Å². The van der Waals surface area contributed by atoms with Gasteiger partial charge in [0, 0.05) is 38.2 Å². The molecule has 29 heavy (non-hydrogen) atoms. The van der Waals surface area contributed by atoms with E-state index in [0.717, 1.165) is 18.5 Å². The zero-order valence-corrected chi connectivity index (χ0v) is 17.6. The molecule has 0 bridgehead atoms. The molecule has 0 saturated heterocycles. The monoisotopic (exact) mass is 416 g/mol. The smallest absolute Gasteiger partial charge is 0.352 e. The van der Waals surface area contributed by atoms with E-state index in [2.05, 4.69) is 16.0 Å². The molecule has 0 amide bonds. The third kappa shape index (κ3) is 5.02. The number of benzene rings is 1. The summed E-state index contributed by atoms with van der Waals surface area (Å²) in [6, 6.07) is 7.73. The fraction of sp³-hybridized carbons (Fsp3) is 0.400. The number of nitro groups is 1. The average molecular weight is 417 g/mol. The zero-order chi connectivity index (χ0) is 21.0. The Kier molecular flexibility index (Phi) is 6.66. The average Bonchev–Trinajstić information content (AvgIpc) is 2.72. The van der Waals surface area contributed by atoms with Gasteiger partial charge in [0.1, 0.15) is 6.33 Å². The van der Waals surface area contributed by atoms with Crippen molar-refractivity contribution in [3.63, 3.8) is 0 Å². The normalized spacial score (nSPS) is 14.1. The van der Waals surface area contributed by atoms with Crippen molar-refractivity contribution in [2.24, 2.45) is 0 Å². The molecule has 1 aliphatic rings. The van der Waals surface area contributed by atoms with Crippen molar-refractivity contribution in [3.05, 3.63) is 57.4 Å². The fourth-order valence-corrected chi connectivity index (χ4v) is 3.40. The van der Waals surface area contributed by atoms with Crippen LogP contribution in [0, 0.1) is 10.1 Å². The Labute approximate surface area is 175 Å². The van der Waals surface area contributed by atoms with Crippen LogP contribution in [0.25, 0.3) is 5.57 Å². The maximum Gasteiger partial charge on any atom is 0.353 e. The van der Waals surface area contributed by atoms with E-state index in [9.17, 15) is 10.1 Å². The van der Waals surface area contributed by atoms with Crippen molar-refractivity contribution < 1.29 is 4.92 Å². The van der Waals surface area contributed by atoms with Gasteiger partial charge in [-0.1, -0.05) is 29.8 Å². The Morgan fingerprint density at radius 3 is 2.48 bits per heavy atom. The van der Waals surface area contributed by atoms with Crippen LogP contribution in [-0.4, -0.2) is 67.1 Å². The van der Waals surface area contributed by atoms with Crippen LogP contribution in [0.3, 0.4) is 0 Å². The van der Waals surface area contributed by atoms with Gasteiger partial charge in [0.05, 0.1) is 4.92 Å². The minimum absolute atomic E-state index is 0.0444. The first-order chi connectivity index (χ1) is 13.9. The second kappa shape index (κ2) is 9.19. The van der Waals surface area contributed by atoms with Gasteiger partial charge in [-0.15, -0.1) is 0 Å². The van der Waals surface area contributed by atoms with Crippen molar-refractivity contribution in [1.29, 1.82) is 0 Å². The summed E-state index contributed by atoms with van der Waals surface area (Å²) in [5, 5.41) is 12.6. The maximum absolute atomic E-state index is 11.9. The Morgan fingerprint density at radius 1 is 1.17 bits per heavy atom. The van der Waals surface area contributed by atoms with Crippen LogP contribution in [-0.2, 0) is 0 Å². The van der Waals surface area contributed by atoms with Crippen molar-refractivity contribution in [2.75, 3.05) is 57.1 Å². The zero-order valence-electron chi connectivity index (χ0n) is 16.9. The van der Waals surface area contributed by atoms with Gasteiger partial charge in [-0.25, -0.2) is 9.97 Å². The molecule has 0 spiro atoms. The molecule has 0 N–H and O–H groups in total. The number of halogens is 1. The van der Waals surface area contributed by atoms with Gasteiger partial charge in [-0.3, -0.25) is 10.1 Å². The first kappa shape index (κ1) is 21.0. The maximum atomic E-state index is 11.9. The largest absolute Gasteiger partial charge is 0.353 e. The van der Waals surface area contributed by atoms with Crippen LogP contribution in [0.2, 0.25) is 5.02 Å². The molecule has 1 aromatic carbocycles. The van der Waals surface area contributed by atoms with Gasteiger partial charge >= 0.3 is 5.69 Å². The minimum Gasteiger partial charge on any atom is -0.352 e. The van der Waals surface area contributed by atoms with Gasteiger partial charge in [0.2, 0.25) is 11.6 Å². The van der Waals surface area contributed by atoms with Crippen molar-refractivity contribution in [1.82, 2.24) is 14.9 Å². The summed E-state index contributed by atoms with van der Waals surface area (Å²) in [4.78, 5) is 25.7. The third-order valence-corrected chi connectivity index (χ3v) is 5.19. The number of nitrogens with zero attached hydrogens (tertiary/aromatic N) is 6. The van der Waals surface area contributed by atoms with Crippen LogP contribution in [0.4, 0.5) is 17.3 Å². The van der Waals surface area contributed by atoms with E-state index in [1.165, 1.54) is 11.9 Å². The molecule has 1 aliphatic heterocycles. The molecule has 0 fully saturated rings. The number of rotatable bonds is 7. The molecule has 154 valence electrons. The molecule has 0 aliphatic carbocycles. The molecule has 2 aromatic rings. The third-order valence-electron chi connectivity index (χ3n) is 4.93. The highest BCUT2D eigenvalue weighted by Gasteiger charge is 2.29. The molecule has 9 heteroatoms.